The SMILES string of the molecule is CCOc1ccc(-n2c(C)c3c(c2C)P(=S)(Oc2ccc(Cl)cc2)c2c(c(C)n(-c4ccc(Br)cc4)c2C)P3(=S)Oc2ccc(Cl)cc2)cc1. The number of hydrogen-bond acceptors (Lipinski definition) is 5. The summed E-state index contributed by atoms with van der Waals surface area (Å²) in [6.07, 6.45) is -6.21. The number of rotatable bonds is 8. The number of aromatic nitrogens is 2. The minimum absolute atomic E-state index is 0.589. The Hall–Kier alpha value is -2.80. The summed E-state index contributed by atoms with van der Waals surface area (Å²) >= 11 is 30.2. The highest BCUT2D eigenvalue weighted by Gasteiger charge is 2.52. The standard InChI is InChI=1S/C38H33BrCl2N2O3P2S2/c1-6-44-32-21-15-31(16-22-32)43-25(4)37-38(26(43)5)48(50,46-34-19-11-29(41)12-20-34)36-24(3)42(30-13-7-27(39)8-14-30)23(2)35(36)47(37,49)45-33-17-9-28(40)10-18-33/h7-22H,6H2,1-5H3. The average molecular weight is 843 g/mol. The van der Waals surface area contributed by atoms with Gasteiger partial charge in [0.15, 0.2) is 12.5 Å². The molecule has 4 aromatic carbocycles. The van der Waals surface area contributed by atoms with E-state index in [0.29, 0.717) is 28.2 Å². The summed E-state index contributed by atoms with van der Waals surface area (Å²) in [5, 5.41) is 4.95. The van der Waals surface area contributed by atoms with Gasteiger partial charge in [-0.3, -0.25) is 0 Å². The fourth-order valence-corrected chi connectivity index (χ4v) is 18.7. The Morgan fingerprint density at radius 3 is 1.20 bits per heavy atom. The van der Waals surface area contributed by atoms with Gasteiger partial charge in [0.25, 0.3) is 0 Å². The number of fused-ring (bicyclic) bond motifs is 2. The molecule has 5 nitrogen and oxygen atoms in total. The first-order valence-electron chi connectivity index (χ1n) is 15.9. The zero-order valence-electron chi connectivity index (χ0n) is 27.9. The first kappa shape index (κ1) is 35.6. The molecule has 1 aliphatic rings. The van der Waals surface area contributed by atoms with Crippen molar-refractivity contribution in [2.45, 2.75) is 34.6 Å². The van der Waals surface area contributed by atoms with E-state index in [1.165, 1.54) is 0 Å². The Kier molecular flexibility index (Phi) is 9.71. The third-order valence-corrected chi connectivity index (χ3v) is 18.4. The van der Waals surface area contributed by atoms with Crippen LogP contribution in [0, 0.1) is 27.7 Å². The van der Waals surface area contributed by atoms with Crippen molar-refractivity contribution in [1.82, 2.24) is 9.13 Å². The Morgan fingerprint density at radius 2 is 0.860 bits per heavy atom. The maximum Gasteiger partial charge on any atom is 0.176 e. The van der Waals surface area contributed by atoms with Crippen molar-refractivity contribution in [3.05, 3.63) is 134 Å². The second-order valence-corrected chi connectivity index (χ2v) is 21.2. The fourth-order valence-electron chi connectivity index (χ4n) is 6.94. The lowest BCUT2D eigenvalue weighted by atomic mass is 10.3. The molecule has 6 aromatic rings. The minimum atomic E-state index is -3.11. The molecule has 0 N–H and O–H groups in total. The van der Waals surface area contributed by atoms with Crippen LogP contribution in [0.3, 0.4) is 0 Å². The van der Waals surface area contributed by atoms with Gasteiger partial charge in [-0.15, -0.1) is 0 Å². The molecule has 0 bridgehead atoms. The predicted molar refractivity (Wildman–Crippen MR) is 221 cm³/mol. The first-order valence-corrected chi connectivity index (χ1v) is 22.9. The molecule has 12 heteroatoms. The third-order valence-electron chi connectivity index (χ3n) is 8.92. The van der Waals surface area contributed by atoms with Crippen LogP contribution >= 0.6 is 51.7 Å². The molecule has 0 saturated carbocycles. The Balaban J connectivity index is 1.58. The normalized spacial score (nSPS) is 18.0. The maximum atomic E-state index is 7.16. The minimum Gasteiger partial charge on any atom is -0.494 e. The molecular formula is C38H33BrCl2N2O3P2S2. The van der Waals surface area contributed by atoms with Crippen molar-refractivity contribution < 1.29 is 13.8 Å². The Labute approximate surface area is 321 Å². The van der Waals surface area contributed by atoms with Gasteiger partial charge in [0, 0.05) is 48.7 Å². The van der Waals surface area contributed by atoms with Crippen LogP contribution in [0.1, 0.15) is 29.7 Å². The summed E-state index contributed by atoms with van der Waals surface area (Å²) in [6, 6.07) is 31.2. The van der Waals surface area contributed by atoms with E-state index in [1.807, 2.05) is 79.7 Å². The highest BCUT2D eigenvalue weighted by molar-refractivity contribution is 9.10. The number of hydrogen-bond donors (Lipinski definition) is 0. The summed E-state index contributed by atoms with van der Waals surface area (Å²) in [7, 11) is 0. The van der Waals surface area contributed by atoms with Gasteiger partial charge >= 0.3 is 0 Å². The third kappa shape index (κ3) is 5.91. The van der Waals surface area contributed by atoms with Crippen molar-refractivity contribution in [2.24, 2.45) is 0 Å². The fraction of sp³-hybridized carbons (Fsp3) is 0.158. The van der Waals surface area contributed by atoms with E-state index in [4.69, 9.17) is 60.6 Å². The van der Waals surface area contributed by atoms with Crippen molar-refractivity contribution in [3.8, 4) is 28.6 Å². The molecule has 2 atom stereocenters. The second-order valence-electron chi connectivity index (χ2n) is 12.0. The van der Waals surface area contributed by atoms with Gasteiger partial charge in [-0.05, 0) is 155 Å². The van der Waals surface area contributed by atoms with E-state index in [0.717, 1.165) is 65.6 Å². The van der Waals surface area contributed by atoms with Crippen LogP contribution in [0.5, 0.6) is 17.2 Å². The lowest BCUT2D eigenvalue weighted by Gasteiger charge is -2.36. The van der Waals surface area contributed by atoms with Gasteiger partial charge < -0.3 is 22.9 Å². The quantitative estimate of drug-likeness (QED) is 0.143. The second kappa shape index (κ2) is 13.6. The molecule has 0 fully saturated rings. The molecule has 2 unspecified atom stereocenters. The Morgan fingerprint density at radius 1 is 0.540 bits per heavy atom. The maximum absolute atomic E-state index is 7.16. The van der Waals surface area contributed by atoms with Crippen LogP contribution < -0.4 is 35.0 Å². The predicted octanol–water partition coefficient (Wildman–Crippen LogP) is 10.1. The first-order chi connectivity index (χ1) is 23.9. The summed E-state index contributed by atoms with van der Waals surface area (Å²) < 4.78 is 25.6. The van der Waals surface area contributed by atoms with Gasteiger partial charge in [0.1, 0.15) is 17.2 Å². The molecule has 3 heterocycles. The molecule has 0 saturated heterocycles. The molecule has 2 aromatic heterocycles. The summed E-state index contributed by atoms with van der Waals surface area (Å²) in [5.74, 6) is 2.09. The van der Waals surface area contributed by atoms with Crippen molar-refractivity contribution in [2.75, 3.05) is 6.61 Å². The molecule has 7 rings (SSSR count). The molecule has 0 aliphatic carbocycles. The zero-order chi connectivity index (χ0) is 35.5. The monoisotopic (exact) mass is 840 g/mol. The van der Waals surface area contributed by atoms with E-state index in [9.17, 15) is 0 Å². The molecular weight excluding hydrogens is 809 g/mol. The molecule has 0 spiro atoms. The molecule has 0 amide bonds. The van der Waals surface area contributed by atoms with Crippen LogP contribution in [0.15, 0.2) is 102 Å². The van der Waals surface area contributed by atoms with Crippen LogP contribution in [0.4, 0.5) is 0 Å². The number of halogens is 3. The lowest BCUT2D eigenvalue weighted by molar-refractivity contribution is 0.340. The van der Waals surface area contributed by atoms with E-state index >= 15 is 0 Å². The van der Waals surface area contributed by atoms with Crippen LogP contribution in [-0.2, 0) is 23.6 Å². The van der Waals surface area contributed by atoms with Gasteiger partial charge in [0.05, 0.1) is 27.8 Å². The number of ether oxygens (including phenoxy) is 1. The Bertz CT molecular complexity index is 2240. The summed E-state index contributed by atoms with van der Waals surface area (Å²) in [6.45, 7) is 11.0. The highest BCUT2D eigenvalue weighted by Crippen LogP contribution is 2.60. The summed E-state index contributed by atoms with van der Waals surface area (Å²) in [5.41, 5.74) is 5.84. The average Bonchev–Trinajstić information content (AvgIpc) is 3.53. The van der Waals surface area contributed by atoms with E-state index in [2.05, 4.69) is 77.0 Å². The highest BCUT2D eigenvalue weighted by atomic mass is 79.9. The van der Waals surface area contributed by atoms with E-state index in [-0.39, 0.29) is 0 Å². The van der Waals surface area contributed by atoms with E-state index < -0.39 is 12.5 Å². The van der Waals surface area contributed by atoms with Gasteiger partial charge in [-0.1, -0.05) is 39.1 Å². The molecule has 50 heavy (non-hydrogen) atoms. The van der Waals surface area contributed by atoms with Gasteiger partial charge in [-0.25, -0.2) is 0 Å². The van der Waals surface area contributed by atoms with Gasteiger partial charge in [-0.2, -0.15) is 0 Å². The van der Waals surface area contributed by atoms with E-state index in [1.54, 1.807) is 0 Å². The van der Waals surface area contributed by atoms with Gasteiger partial charge in [0.2, 0.25) is 0 Å². The van der Waals surface area contributed by atoms with Crippen molar-refractivity contribution in [3.63, 3.8) is 0 Å². The smallest absolute Gasteiger partial charge is 0.176 e. The largest absolute Gasteiger partial charge is 0.494 e. The van der Waals surface area contributed by atoms with Crippen LogP contribution in [0.25, 0.3) is 11.4 Å². The topological polar surface area (TPSA) is 37.5 Å². The number of benzene rings is 4. The lowest BCUT2D eigenvalue weighted by Crippen LogP contribution is -2.46. The van der Waals surface area contributed by atoms with Crippen LogP contribution in [-0.4, -0.2) is 15.7 Å². The molecule has 256 valence electrons. The van der Waals surface area contributed by atoms with Crippen LogP contribution in [0.2, 0.25) is 10.0 Å². The molecule has 1 aliphatic heterocycles. The zero-order valence-corrected chi connectivity index (χ0v) is 34.4. The van der Waals surface area contributed by atoms with Crippen molar-refractivity contribution >= 4 is 96.5 Å². The molecule has 0 radical (unpaired) electrons. The summed E-state index contributed by atoms with van der Waals surface area (Å²) in [4.78, 5) is 0. The number of nitrogens with zero attached hydrogens (tertiary/aromatic N) is 2. The van der Waals surface area contributed by atoms with Crippen molar-refractivity contribution in [1.29, 1.82) is 0 Å².